The van der Waals surface area contributed by atoms with E-state index in [-0.39, 0.29) is 5.91 Å². The minimum Gasteiger partial charge on any atom is -0.351 e. The fraction of sp³-hybridized carbons (Fsp3) is 0.538. The van der Waals surface area contributed by atoms with E-state index in [0.717, 1.165) is 25.3 Å². The maximum absolute atomic E-state index is 11.8. The summed E-state index contributed by atoms with van der Waals surface area (Å²) in [5.41, 5.74) is 1.54. The van der Waals surface area contributed by atoms with E-state index in [1.54, 1.807) is 18.3 Å². The van der Waals surface area contributed by atoms with Gasteiger partial charge in [-0.3, -0.25) is 9.78 Å². The van der Waals surface area contributed by atoms with E-state index in [0.29, 0.717) is 12.1 Å². The second kappa shape index (κ2) is 7.01. The van der Waals surface area contributed by atoms with Crippen LogP contribution >= 0.6 is 0 Å². The van der Waals surface area contributed by atoms with Crippen LogP contribution in [0.15, 0.2) is 18.3 Å². The fourth-order valence-corrected chi connectivity index (χ4v) is 1.66. The molecule has 0 bridgehead atoms. The summed E-state index contributed by atoms with van der Waals surface area (Å²) in [6, 6.07) is 3.53. The van der Waals surface area contributed by atoms with Gasteiger partial charge in [-0.25, -0.2) is 0 Å². The predicted octanol–water partition coefficient (Wildman–Crippen LogP) is 1.46. The molecular formula is C13H21N3O. The number of carbonyl (C=O) groups is 1. The number of hydrogen-bond donors (Lipinski definition) is 1. The second-order valence-corrected chi connectivity index (χ2v) is 3.97. The molecule has 1 aromatic rings. The monoisotopic (exact) mass is 235 g/mol. The van der Waals surface area contributed by atoms with Gasteiger partial charge in [-0.2, -0.15) is 0 Å². The van der Waals surface area contributed by atoms with E-state index in [1.165, 1.54) is 0 Å². The Bertz CT molecular complexity index is 361. The minimum absolute atomic E-state index is 0.0253. The molecule has 0 atom stereocenters. The van der Waals surface area contributed by atoms with Gasteiger partial charge in [0.15, 0.2) is 0 Å². The van der Waals surface area contributed by atoms with Crippen LogP contribution in [0.25, 0.3) is 0 Å². The van der Waals surface area contributed by atoms with Crippen molar-refractivity contribution in [2.24, 2.45) is 0 Å². The Kier molecular flexibility index (Phi) is 5.63. The maximum Gasteiger partial charge on any atom is 0.251 e. The Hall–Kier alpha value is -1.42. The van der Waals surface area contributed by atoms with Crippen LogP contribution in [0.1, 0.15) is 29.9 Å². The fourth-order valence-electron chi connectivity index (χ4n) is 1.66. The van der Waals surface area contributed by atoms with E-state index in [2.05, 4.69) is 29.0 Å². The summed E-state index contributed by atoms with van der Waals surface area (Å²) >= 11 is 0. The quantitative estimate of drug-likeness (QED) is 0.812. The van der Waals surface area contributed by atoms with Crippen molar-refractivity contribution in [1.82, 2.24) is 15.2 Å². The summed E-state index contributed by atoms with van der Waals surface area (Å²) in [6.07, 6.45) is 1.66. The summed E-state index contributed by atoms with van der Waals surface area (Å²) in [5, 5.41) is 2.92. The third kappa shape index (κ3) is 4.53. The molecule has 0 aliphatic carbocycles. The lowest BCUT2D eigenvalue weighted by molar-refractivity contribution is 0.0948. The van der Waals surface area contributed by atoms with Crippen molar-refractivity contribution in [2.75, 3.05) is 26.2 Å². The number of rotatable bonds is 6. The zero-order chi connectivity index (χ0) is 12.7. The van der Waals surface area contributed by atoms with Gasteiger partial charge in [0.05, 0.1) is 0 Å². The van der Waals surface area contributed by atoms with Crippen LogP contribution in [0, 0.1) is 6.92 Å². The molecule has 94 valence electrons. The molecule has 0 saturated carbocycles. The molecule has 0 aliphatic heterocycles. The van der Waals surface area contributed by atoms with Gasteiger partial charge in [0.1, 0.15) is 0 Å². The number of aryl methyl sites for hydroxylation is 1. The number of nitrogens with zero attached hydrogens (tertiary/aromatic N) is 2. The summed E-state index contributed by atoms with van der Waals surface area (Å²) < 4.78 is 0. The third-order valence-electron chi connectivity index (χ3n) is 2.77. The van der Waals surface area contributed by atoms with E-state index in [1.807, 2.05) is 6.92 Å². The molecule has 1 aromatic heterocycles. The van der Waals surface area contributed by atoms with E-state index < -0.39 is 0 Å². The molecule has 17 heavy (non-hydrogen) atoms. The molecule has 0 spiro atoms. The van der Waals surface area contributed by atoms with E-state index in [4.69, 9.17) is 0 Å². The van der Waals surface area contributed by atoms with Gasteiger partial charge in [0.25, 0.3) is 5.91 Å². The van der Waals surface area contributed by atoms with Gasteiger partial charge in [-0.1, -0.05) is 13.8 Å². The van der Waals surface area contributed by atoms with Crippen molar-refractivity contribution >= 4 is 5.91 Å². The second-order valence-electron chi connectivity index (χ2n) is 3.97. The van der Waals surface area contributed by atoms with Crippen LogP contribution in [0.5, 0.6) is 0 Å². The largest absolute Gasteiger partial charge is 0.351 e. The number of nitrogens with one attached hydrogen (secondary N) is 1. The molecule has 0 unspecified atom stereocenters. The summed E-state index contributed by atoms with van der Waals surface area (Å²) in [6.45, 7) is 9.73. The van der Waals surface area contributed by atoms with Crippen LogP contribution in [0.3, 0.4) is 0 Å². The van der Waals surface area contributed by atoms with E-state index >= 15 is 0 Å². The SMILES string of the molecule is CCN(CC)CCNC(=O)c1ccnc(C)c1. The first kappa shape index (κ1) is 13.6. The lowest BCUT2D eigenvalue weighted by atomic mass is 10.2. The van der Waals surface area contributed by atoms with Gasteiger partial charge < -0.3 is 10.2 Å². The highest BCUT2D eigenvalue weighted by Crippen LogP contribution is 2.00. The first-order valence-electron chi connectivity index (χ1n) is 6.10. The third-order valence-corrected chi connectivity index (χ3v) is 2.77. The Balaban J connectivity index is 2.40. The first-order valence-corrected chi connectivity index (χ1v) is 6.10. The lowest BCUT2D eigenvalue weighted by Gasteiger charge is -2.17. The number of likely N-dealkylation sites (N-methyl/N-ethyl adjacent to an activating group) is 1. The smallest absolute Gasteiger partial charge is 0.251 e. The molecule has 1 heterocycles. The standard InChI is InChI=1S/C13H21N3O/c1-4-16(5-2)9-8-15-13(17)12-6-7-14-11(3)10-12/h6-7,10H,4-5,8-9H2,1-3H3,(H,15,17). The zero-order valence-electron chi connectivity index (χ0n) is 10.9. The average Bonchev–Trinajstić information content (AvgIpc) is 2.34. The first-order chi connectivity index (χ1) is 8.17. The molecule has 4 heteroatoms. The highest BCUT2D eigenvalue weighted by molar-refractivity contribution is 5.94. The normalized spacial score (nSPS) is 10.6. The molecule has 4 nitrogen and oxygen atoms in total. The molecule has 1 amide bonds. The van der Waals surface area contributed by atoms with Crippen LogP contribution in [-0.4, -0.2) is 42.0 Å². The number of amides is 1. The van der Waals surface area contributed by atoms with Crippen molar-refractivity contribution in [3.05, 3.63) is 29.6 Å². The lowest BCUT2D eigenvalue weighted by Crippen LogP contribution is -2.34. The number of carbonyl (C=O) groups excluding carboxylic acids is 1. The number of hydrogen-bond acceptors (Lipinski definition) is 3. The summed E-state index contributed by atoms with van der Waals surface area (Å²) in [4.78, 5) is 18.1. The van der Waals surface area contributed by atoms with Gasteiger partial charge >= 0.3 is 0 Å². The van der Waals surface area contributed by atoms with Gasteiger partial charge in [-0.15, -0.1) is 0 Å². The molecule has 0 fully saturated rings. The molecule has 1 N–H and O–H groups in total. The summed E-state index contributed by atoms with van der Waals surface area (Å²) in [7, 11) is 0. The van der Waals surface area contributed by atoms with Crippen molar-refractivity contribution in [3.63, 3.8) is 0 Å². The predicted molar refractivity (Wildman–Crippen MR) is 69.1 cm³/mol. The van der Waals surface area contributed by atoms with Gasteiger partial charge in [0, 0.05) is 30.5 Å². The Morgan fingerprint density at radius 2 is 2.12 bits per heavy atom. The van der Waals surface area contributed by atoms with Gasteiger partial charge in [0.2, 0.25) is 0 Å². The highest BCUT2D eigenvalue weighted by atomic mass is 16.1. The molecule has 0 aliphatic rings. The molecule has 0 aromatic carbocycles. The molecule has 0 radical (unpaired) electrons. The maximum atomic E-state index is 11.8. The molecule has 1 rings (SSSR count). The molecule has 0 saturated heterocycles. The van der Waals surface area contributed by atoms with Gasteiger partial charge in [-0.05, 0) is 32.1 Å². The van der Waals surface area contributed by atoms with E-state index in [9.17, 15) is 4.79 Å². The van der Waals surface area contributed by atoms with Crippen molar-refractivity contribution in [2.45, 2.75) is 20.8 Å². The van der Waals surface area contributed by atoms with Crippen molar-refractivity contribution in [1.29, 1.82) is 0 Å². The van der Waals surface area contributed by atoms with Crippen LogP contribution in [0.4, 0.5) is 0 Å². The Labute approximate surface area is 103 Å². The Morgan fingerprint density at radius 3 is 2.71 bits per heavy atom. The highest BCUT2D eigenvalue weighted by Gasteiger charge is 2.05. The number of pyridine rings is 1. The average molecular weight is 235 g/mol. The van der Waals surface area contributed by atoms with Crippen LogP contribution in [-0.2, 0) is 0 Å². The van der Waals surface area contributed by atoms with Crippen molar-refractivity contribution < 1.29 is 4.79 Å². The molecular weight excluding hydrogens is 214 g/mol. The topological polar surface area (TPSA) is 45.2 Å². The van der Waals surface area contributed by atoms with Crippen LogP contribution < -0.4 is 5.32 Å². The summed E-state index contributed by atoms with van der Waals surface area (Å²) in [5.74, 6) is -0.0253. The minimum atomic E-state index is -0.0253. The Morgan fingerprint density at radius 1 is 1.41 bits per heavy atom. The number of aromatic nitrogens is 1. The van der Waals surface area contributed by atoms with Crippen LogP contribution in [0.2, 0.25) is 0 Å². The van der Waals surface area contributed by atoms with Crippen molar-refractivity contribution in [3.8, 4) is 0 Å². The zero-order valence-corrected chi connectivity index (χ0v) is 10.9.